The van der Waals surface area contributed by atoms with Crippen LogP contribution in [0.3, 0.4) is 0 Å². The molecule has 2 aromatic rings. The first-order valence-electron chi connectivity index (χ1n) is 11.1. The lowest BCUT2D eigenvalue weighted by Gasteiger charge is -2.46. The first-order chi connectivity index (χ1) is 15.0. The van der Waals surface area contributed by atoms with Crippen molar-refractivity contribution in [2.24, 2.45) is 10.8 Å². The van der Waals surface area contributed by atoms with Gasteiger partial charge in [-0.15, -0.1) is 0 Å². The third-order valence-corrected chi connectivity index (χ3v) is 5.80. The summed E-state index contributed by atoms with van der Waals surface area (Å²) >= 11 is 0. The predicted octanol–water partition coefficient (Wildman–Crippen LogP) is 5.03. The molecule has 2 atom stereocenters. The second-order valence-corrected chi connectivity index (χ2v) is 10.0. The van der Waals surface area contributed by atoms with Gasteiger partial charge in [-0.3, -0.25) is 9.59 Å². The quantitative estimate of drug-likeness (QED) is 0.594. The molecule has 0 aliphatic heterocycles. The third kappa shape index (κ3) is 7.01. The molecule has 32 heavy (non-hydrogen) atoms. The van der Waals surface area contributed by atoms with Crippen molar-refractivity contribution in [3.63, 3.8) is 0 Å². The van der Waals surface area contributed by atoms with E-state index >= 15 is 0 Å². The fraction of sp³-hybridized carbons (Fsp3) is 0.462. The number of hydrogen-bond donors (Lipinski definition) is 2. The van der Waals surface area contributed by atoms with E-state index in [4.69, 9.17) is 8.83 Å². The Morgan fingerprint density at radius 2 is 1.50 bits per heavy atom. The second-order valence-electron chi connectivity index (χ2n) is 10.0. The van der Waals surface area contributed by atoms with Crippen LogP contribution in [-0.4, -0.2) is 24.4 Å². The molecule has 1 saturated carbocycles. The number of furan rings is 2. The van der Waals surface area contributed by atoms with Gasteiger partial charge in [0.15, 0.2) is 0 Å². The fourth-order valence-electron chi connectivity index (χ4n) is 4.88. The van der Waals surface area contributed by atoms with Crippen LogP contribution in [0.15, 0.2) is 45.3 Å². The molecule has 3 rings (SSSR count). The summed E-state index contributed by atoms with van der Waals surface area (Å²) in [5.74, 6) is 2.65. The van der Waals surface area contributed by atoms with Crippen molar-refractivity contribution in [2.75, 3.05) is 6.54 Å². The molecule has 0 unspecified atom stereocenters. The van der Waals surface area contributed by atoms with Gasteiger partial charge in [-0.2, -0.15) is 0 Å². The van der Waals surface area contributed by atoms with Crippen molar-refractivity contribution in [1.29, 1.82) is 0 Å². The van der Waals surface area contributed by atoms with E-state index in [2.05, 4.69) is 31.4 Å². The van der Waals surface area contributed by atoms with Gasteiger partial charge in [-0.05, 0) is 80.4 Å². The average molecular weight is 439 g/mol. The lowest BCUT2D eigenvalue weighted by Crippen LogP contribution is -2.50. The van der Waals surface area contributed by atoms with Gasteiger partial charge in [0.25, 0.3) is 0 Å². The lowest BCUT2D eigenvalue weighted by molar-refractivity contribution is -0.119. The topological polar surface area (TPSA) is 84.5 Å². The van der Waals surface area contributed by atoms with E-state index in [9.17, 15) is 9.59 Å². The van der Waals surface area contributed by atoms with Gasteiger partial charge in [0.2, 0.25) is 11.8 Å². The predicted molar refractivity (Wildman–Crippen MR) is 126 cm³/mol. The second kappa shape index (κ2) is 9.63. The molecule has 1 fully saturated rings. The molecule has 6 nitrogen and oxygen atoms in total. The van der Waals surface area contributed by atoms with Crippen molar-refractivity contribution in [2.45, 2.75) is 59.9 Å². The molecular weight excluding hydrogens is 404 g/mol. The largest absolute Gasteiger partial charge is 0.462 e. The van der Waals surface area contributed by atoms with Gasteiger partial charge in [0.1, 0.15) is 23.0 Å². The van der Waals surface area contributed by atoms with E-state index in [1.165, 1.54) is 12.2 Å². The Morgan fingerprint density at radius 1 is 0.938 bits per heavy atom. The van der Waals surface area contributed by atoms with E-state index in [-0.39, 0.29) is 28.7 Å². The average Bonchev–Trinajstić information content (AvgIpc) is 3.29. The van der Waals surface area contributed by atoms with Crippen LogP contribution in [-0.2, 0) is 9.59 Å². The summed E-state index contributed by atoms with van der Waals surface area (Å²) < 4.78 is 10.9. The maximum absolute atomic E-state index is 12.5. The number of carbonyl (C=O) groups excluding carboxylic acids is 2. The summed E-state index contributed by atoms with van der Waals surface area (Å²) in [6.45, 7) is 10.9. The Bertz CT molecular complexity index is 1010. The molecule has 0 spiro atoms. The normalized spacial score (nSPS) is 23.0. The number of rotatable bonds is 7. The molecule has 0 aromatic carbocycles. The van der Waals surface area contributed by atoms with Crippen molar-refractivity contribution >= 4 is 24.0 Å². The van der Waals surface area contributed by atoms with Crippen LogP contribution in [0.4, 0.5) is 0 Å². The molecule has 0 bridgehead atoms. The molecule has 1 aliphatic rings. The van der Waals surface area contributed by atoms with Gasteiger partial charge in [0, 0.05) is 24.7 Å². The summed E-state index contributed by atoms with van der Waals surface area (Å²) in [5, 5.41) is 6.16. The molecule has 2 amide bonds. The number of hydrogen-bond acceptors (Lipinski definition) is 4. The van der Waals surface area contributed by atoms with Crippen LogP contribution >= 0.6 is 0 Å². The summed E-state index contributed by atoms with van der Waals surface area (Å²) in [4.78, 5) is 24.8. The minimum absolute atomic E-state index is 0.0396. The smallest absolute Gasteiger partial charge is 0.244 e. The van der Waals surface area contributed by atoms with Gasteiger partial charge in [-0.25, -0.2) is 0 Å². The summed E-state index contributed by atoms with van der Waals surface area (Å²) in [7, 11) is 0. The Hall–Kier alpha value is -3.02. The van der Waals surface area contributed by atoms with Crippen molar-refractivity contribution in [3.05, 3.63) is 59.5 Å². The van der Waals surface area contributed by atoms with Gasteiger partial charge in [0.05, 0.1) is 0 Å². The first-order valence-corrected chi connectivity index (χ1v) is 11.1. The third-order valence-electron chi connectivity index (χ3n) is 5.80. The highest BCUT2D eigenvalue weighted by Gasteiger charge is 2.41. The van der Waals surface area contributed by atoms with Gasteiger partial charge >= 0.3 is 0 Å². The van der Waals surface area contributed by atoms with Gasteiger partial charge < -0.3 is 19.5 Å². The van der Waals surface area contributed by atoms with Crippen LogP contribution in [0.2, 0.25) is 0 Å². The minimum Gasteiger partial charge on any atom is -0.462 e. The number of carbonyl (C=O) groups is 2. The summed E-state index contributed by atoms with van der Waals surface area (Å²) in [5.41, 5.74) is -0.0641. The van der Waals surface area contributed by atoms with Crippen LogP contribution in [0, 0.1) is 24.7 Å². The molecule has 2 aromatic heterocycles. The maximum Gasteiger partial charge on any atom is 0.244 e. The van der Waals surface area contributed by atoms with Crippen molar-refractivity contribution < 1.29 is 18.4 Å². The van der Waals surface area contributed by atoms with Crippen molar-refractivity contribution in [3.8, 4) is 0 Å². The zero-order valence-corrected chi connectivity index (χ0v) is 19.7. The van der Waals surface area contributed by atoms with E-state index < -0.39 is 0 Å². The Balaban J connectivity index is 1.56. The molecular formula is C26H34N2O4. The summed E-state index contributed by atoms with van der Waals surface area (Å²) in [6.07, 6.45) is 9.03. The number of nitrogens with one attached hydrogen (secondary N) is 2. The van der Waals surface area contributed by atoms with Crippen LogP contribution < -0.4 is 10.6 Å². The Labute approximate surface area is 190 Å². The fourth-order valence-corrected chi connectivity index (χ4v) is 4.88. The molecule has 0 radical (unpaired) electrons. The van der Waals surface area contributed by atoms with Crippen LogP contribution in [0.1, 0.15) is 63.1 Å². The van der Waals surface area contributed by atoms with Crippen LogP contribution in [0.25, 0.3) is 12.2 Å². The highest BCUT2D eigenvalue weighted by molar-refractivity contribution is 5.92. The number of aryl methyl sites for hydroxylation is 2. The molecule has 0 saturated heterocycles. The van der Waals surface area contributed by atoms with Gasteiger partial charge in [-0.1, -0.05) is 20.8 Å². The maximum atomic E-state index is 12.5. The minimum atomic E-state index is -0.152. The molecule has 1 aliphatic carbocycles. The monoisotopic (exact) mass is 438 g/mol. The lowest BCUT2D eigenvalue weighted by atomic mass is 9.62. The Morgan fingerprint density at radius 3 is 2.03 bits per heavy atom. The first kappa shape index (κ1) is 23.6. The van der Waals surface area contributed by atoms with E-state index in [1.807, 2.05) is 38.1 Å². The van der Waals surface area contributed by atoms with Crippen LogP contribution in [0.5, 0.6) is 0 Å². The van der Waals surface area contributed by atoms with E-state index in [1.54, 1.807) is 12.2 Å². The molecule has 6 heteroatoms. The zero-order chi connectivity index (χ0) is 23.4. The van der Waals surface area contributed by atoms with E-state index in [0.717, 1.165) is 30.8 Å². The molecule has 2 heterocycles. The molecule has 2 N–H and O–H groups in total. The van der Waals surface area contributed by atoms with Crippen molar-refractivity contribution in [1.82, 2.24) is 10.6 Å². The van der Waals surface area contributed by atoms with E-state index in [0.29, 0.717) is 18.1 Å². The SMILES string of the molecule is Cc1ccc(/C=C/C(=O)NC[C@@]2(C)C[C@@H](NC(=O)/C=C/c3ccc(C)o3)CC(C)(C)C2)o1. The Kier molecular flexibility index (Phi) is 7.12. The zero-order valence-electron chi connectivity index (χ0n) is 19.7. The summed E-state index contributed by atoms with van der Waals surface area (Å²) in [6, 6.07) is 7.44. The highest BCUT2D eigenvalue weighted by Crippen LogP contribution is 2.45. The highest BCUT2D eigenvalue weighted by atomic mass is 16.3. The molecule has 172 valence electrons. The standard InChI is InChI=1S/C26H34N2O4/c1-18-6-8-21(31-18)10-12-23(29)27-17-26(5)15-20(14-25(3,4)16-26)28-24(30)13-11-22-9-7-19(2)32-22/h6-13,20H,14-17H2,1-5H3,(H,27,29)(H,28,30)/b12-10+,13-11+/t20-,26-/m0/s1. The number of amides is 2.